The number of halogens is 1. The number of fused-ring (bicyclic) bond motifs is 1. The standard InChI is InChI=1S/C24H22FN3O2.2H2/c1-2-30-14-12-26-20-15-21(16-20)27-24(29)28-13-11-17-5-3-4-6-22(17)23(28)18-7-9-19(25)10-8-18;;/h1,3-10,23,26H,11-15H2,(H,27,29);2*1H/t23-;;/m0../s1. The van der Waals surface area contributed by atoms with Crippen LogP contribution in [-0.4, -0.2) is 30.6 Å². The van der Waals surface area contributed by atoms with E-state index in [4.69, 9.17) is 11.2 Å². The molecule has 1 aliphatic carbocycles. The van der Waals surface area contributed by atoms with Crippen LogP contribution in [0.5, 0.6) is 0 Å². The zero-order valence-corrected chi connectivity index (χ0v) is 16.5. The Morgan fingerprint density at radius 3 is 2.80 bits per heavy atom. The molecule has 2 amide bonds. The van der Waals surface area contributed by atoms with E-state index in [1.807, 2.05) is 18.2 Å². The molecular formula is C24H26FN3O2. The summed E-state index contributed by atoms with van der Waals surface area (Å²) in [5, 5.41) is 6.11. The number of nitrogens with zero attached hydrogens (tertiary/aromatic N) is 1. The van der Waals surface area contributed by atoms with Crippen molar-refractivity contribution < 1.29 is 16.8 Å². The van der Waals surface area contributed by atoms with Crippen LogP contribution < -0.4 is 10.6 Å². The lowest BCUT2D eigenvalue weighted by Crippen LogP contribution is -2.46. The maximum Gasteiger partial charge on any atom is 0.322 e. The molecule has 0 unspecified atom stereocenters. The Bertz CT molecular complexity index is 1060. The first kappa shape index (κ1) is 19.6. The minimum atomic E-state index is -0.295. The number of carbonyl (C=O) groups excluding carboxylic acids is 1. The molecule has 0 radical (unpaired) electrons. The fourth-order valence-corrected chi connectivity index (χ4v) is 3.83. The molecule has 2 N–H and O–H groups in total. The van der Waals surface area contributed by atoms with E-state index in [0.717, 1.165) is 28.9 Å². The normalized spacial score (nSPS) is 16.9. The number of carbonyl (C=O) groups is 1. The van der Waals surface area contributed by atoms with Crippen LogP contribution >= 0.6 is 0 Å². The molecule has 0 aromatic heterocycles. The van der Waals surface area contributed by atoms with Gasteiger partial charge in [0.05, 0.1) is 24.0 Å². The van der Waals surface area contributed by atoms with Crippen molar-refractivity contribution in [3.8, 4) is 12.5 Å². The second kappa shape index (κ2) is 8.77. The molecule has 5 nitrogen and oxygen atoms in total. The summed E-state index contributed by atoms with van der Waals surface area (Å²) >= 11 is 0. The Morgan fingerprint density at radius 1 is 1.27 bits per heavy atom. The Balaban J connectivity index is 0.00000181. The van der Waals surface area contributed by atoms with E-state index >= 15 is 0 Å². The largest absolute Gasteiger partial charge is 0.445 e. The van der Waals surface area contributed by atoms with Crippen molar-refractivity contribution in [1.82, 2.24) is 15.5 Å². The third kappa shape index (κ3) is 4.17. The summed E-state index contributed by atoms with van der Waals surface area (Å²) in [6.07, 6.45) is 8.53. The summed E-state index contributed by atoms with van der Waals surface area (Å²) in [7, 11) is 0. The predicted molar refractivity (Wildman–Crippen MR) is 116 cm³/mol. The van der Waals surface area contributed by atoms with E-state index in [1.165, 1.54) is 17.7 Å². The maximum atomic E-state index is 13.5. The van der Waals surface area contributed by atoms with Crippen LogP contribution in [0.15, 0.2) is 65.7 Å². The van der Waals surface area contributed by atoms with Crippen molar-refractivity contribution in [2.24, 2.45) is 0 Å². The number of hydrogen-bond acceptors (Lipinski definition) is 3. The average Bonchev–Trinajstić information content (AvgIpc) is 2.74. The molecule has 0 bridgehead atoms. The monoisotopic (exact) mass is 407 g/mol. The lowest BCUT2D eigenvalue weighted by molar-refractivity contribution is 0.182. The highest BCUT2D eigenvalue weighted by molar-refractivity contribution is 5.78. The van der Waals surface area contributed by atoms with Crippen LogP contribution in [0.3, 0.4) is 0 Å². The SMILES string of the molecule is C#COCCNC1=C=C(NC(=O)N2CCc3ccccc3[C@@H]2c2ccc(F)cc2)C1.[HH].[HH]. The Morgan fingerprint density at radius 2 is 2.03 bits per heavy atom. The number of rotatable bonds is 6. The van der Waals surface area contributed by atoms with Crippen molar-refractivity contribution in [1.29, 1.82) is 0 Å². The molecule has 30 heavy (non-hydrogen) atoms. The first-order chi connectivity index (χ1) is 14.7. The molecule has 1 aliphatic heterocycles. The number of benzene rings is 2. The summed E-state index contributed by atoms with van der Waals surface area (Å²) in [5.74, 6) is -0.295. The number of hydrogen-bond donors (Lipinski definition) is 2. The van der Waals surface area contributed by atoms with E-state index in [0.29, 0.717) is 26.1 Å². The second-order valence-corrected chi connectivity index (χ2v) is 7.18. The van der Waals surface area contributed by atoms with E-state index in [1.54, 1.807) is 17.0 Å². The third-order valence-electron chi connectivity index (χ3n) is 5.27. The molecule has 4 rings (SSSR count). The van der Waals surface area contributed by atoms with E-state index in [9.17, 15) is 9.18 Å². The molecule has 1 heterocycles. The van der Waals surface area contributed by atoms with Gasteiger partial charge in [0.1, 0.15) is 18.5 Å². The first-order valence-electron chi connectivity index (χ1n) is 9.86. The fourth-order valence-electron chi connectivity index (χ4n) is 3.83. The van der Waals surface area contributed by atoms with Gasteiger partial charge in [0.25, 0.3) is 0 Å². The van der Waals surface area contributed by atoms with Crippen molar-refractivity contribution in [2.45, 2.75) is 18.9 Å². The highest BCUT2D eigenvalue weighted by Crippen LogP contribution is 2.35. The fraction of sp³-hybridized carbons (Fsp3) is 0.250. The van der Waals surface area contributed by atoms with Crippen molar-refractivity contribution in [3.05, 3.63) is 88.2 Å². The van der Waals surface area contributed by atoms with Gasteiger partial charge >= 0.3 is 6.03 Å². The van der Waals surface area contributed by atoms with Gasteiger partial charge in [0.15, 0.2) is 0 Å². The highest BCUT2D eigenvalue weighted by Gasteiger charge is 2.32. The zero-order valence-electron chi connectivity index (χ0n) is 16.5. The third-order valence-corrected chi connectivity index (χ3v) is 5.27. The van der Waals surface area contributed by atoms with Crippen LogP contribution in [0, 0.1) is 18.3 Å². The Hall–Kier alpha value is -3.68. The van der Waals surface area contributed by atoms with Crippen molar-refractivity contribution >= 4 is 6.03 Å². The number of nitrogens with one attached hydrogen (secondary N) is 2. The summed E-state index contributed by atoms with van der Waals surface area (Å²) in [6.45, 7) is 1.58. The van der Waals surface area contributed by atoms with Crippen LogP contribution in [0.1, 0.15) is 32.0 Å². The number of ether oxygens (including phenoxy) is 1. The van der Waals surface area contributed by atoms with E-state index < -0.39 is 0 Å². The zero-order chi connectivity index (χ0) is 20.9. The smallest absolute Gasteiger partial charge is 0.322 e. The number of urea groups is 1. The predicted octanol–water partition coefficient (Wildman–Crippen LogP) is 3.94. The summed E-state index contributed by atoms with van der Waals surface area (Å²) in [6, 6.07) is 14.0. The van der Waals surface area contributed by atoms with Gasteiger partial charge in [0, 0.05) is 15.8 Å². The molecule has 0 spiro atoms. The average molecular weight is 407 g/mol. The molecule has 0 saturated heterocycles. The molecule has 156 valence electrons. The lowest BCUT2D eigenvalue weighted by atomic mass is 9.88. The van der Waals surface area contributed by atoms with Gasteiger partial charge in [-0.3, -0.25) is 0 Å². The lowest BCUT2D eigenvalue weighted by Gasteiger charge is -2.38. The number of terminal acetylenes is 1. The van der Waals surface area contributed by atoms with Gasteiger partial charge in [-0.25, -0.2) is 9.18 Å². The quantitative estimate of drug-likeness (QED) is 0.433. The van der Waals surface area contributed by atoms with Crippen molar-refractivity contribution in [2.75, 3.05) is 19.7 Å². The second-order valence-electron chi connectivity index (χ2n) is 7.18. The Kier molecular flexibility index (Phi) is 5.74. The molecule has 0 fully saturated rings. The molecule has 1 atom stereocenters. The maximum absolute atomic E-state index is 13.5. The molecular weight excluding hydrogens is 381 g/mol. The molecule has 2 aromatic carbocycles. The Labute approximate surface area is 178 Å². The minimum Gasteiger partial charge on any atom is -0.445 e. The van der Waals surface area contributed by atoms with Crippen LogP contribution in [-0.2, 0) is 11.2 Å². The molecule has 2 aromatic rings. The van der Waals surface area contributed by atoms with Gasteiger partial charge in [-0.1, -0.05) is 48.6 Å². The highest BCUT2D eigenvalue weighted by atomic mass is 19.1. The molecule has 2 aliphatic rings. The van der Waals surface area contributed by atoms with E-state index in [-0.39, 0.29) is 20.7 Å². The van der Waals surface area contributed by atoms with Gasteiger partial charge < -0.3 is 20.3 Å². The van der Waals surface area contributed by atoms with Crippen LogP contribution in [0.2, 0.25) is 0 Å². The summed E-state index contributed by atoms with van der Waals surface area (Å²) in [4.78, 5) is 14.9. The molecule has 6 heteroatoms. The van der Waals surface area contributed by atoms with Gasteiger partial charge in [-0.15, -0.1) is 0 Å². The van der Waals surface area contributed by atoms with Gasteiger partial charge in [-0.05, 0) is 35.2 Å². The van der Waals surface area contributed by atoms with Crippen molar-refractivity contribution in [3.63, 3.8) is 0 Å². The topological polar surface area (TPSA) is 53.6 Å². The minimum absolute atomic E-state index is 0. The number of amides is 2. The van der Waals surface area contributed by atoms with E-state index in [2.05, 4.69) is 28.5 Å². The first-order valence-corrected chi connectivity index (χ1v) is 9.86. The van der Waals surface area contributed by atoms with Gasteiger partial charge in [0.2, 0.25) is 0 Å². The molecule has 0 saturated carbocycles. The summed E-state index contributed by atoms with van der Waals surface area (Å²) < 4.78 is 18.3. The van der Waals surface area contributed by atoms with Crippen LogP contribution in [0.4, 0.5) is 9.18 Å². The summed E-state index contributed by atoms with van der Waals surface area (Å²) in [5.41, 5.74) is 7.91. The van der Waals surface area contributed by atoms with Gasteiger partial charge in [-0.2, -0.15) is 0 Å². The van der Waals surface area contributed by atoms with Crippen LogP contribution in [0.25, 0.3) is 0 Å².